The second kappa shape index (κ2) is 4.44. The number of aromatic nitrogens is 4. The number of hydrogen-bond acceptors (Lipinski definition) is 3. The zero-order chi connectivity index (χ0) is 11.7. The molecule has 84 valence electrons. The monoisotopic (exact) mass is 332 g/mol. The third kappa shape index (κ3) is 2.06. The van der Waals surface area contributed by atoms with Crippen LogP contribution in [0.25, 0.3) is 5.69 Å². The Labute approximate surface area is 106 Å². The zero-order valence-electron chi connectivity index (χ0n) is 8.85. The lowest BCUT2D eigenvalue weighted by atomic mass is 10.2. The summed E-state index contributed by atoms with van der Waals surface area (Å²) in [6, 6.07) is 4.55. The van der Waals surface area contributed by atoms with E-state index in [4.69, 9.17) is 0 Å². The summed E-state index contributed by atoms with van der Waals surface area (Å²) in [5.41, 5.74) is 0.802. The van der Waals surface area contributed by atoms with Gasteiger partial charge in [0, 0.05) is 9.49 Å². The van der Waals surface area contributed by atoms with E-state index in [0.29, 0.717) is 0 Å². The topological polar surface area (TPSA) is 43.6 Å². The lowest BCUT2D eigenvalue weighted by Gasteiger charge is -2.08. The highest BCUT2D eigenvalue weighted by atomic mass is 127. The van der Waals surface area contributed by atoms with Gasteiger partial charge >= 0.3 is 0 Å². The predicted molar refractivity (Wildman–Crippen MR) is 65.9 cm³/mol. The number of halogens is 2. The van der Waals surface area contributed by atoms with Crippen molar-refractivity contribution in [2.75, 3.05) is 0 Å². The molecule has 0 saturated carbocycles. The number of rotatable bonds is 2. The number of benzene rings is 1. The quantitative estimate of drug-likeness (QED) is 0.794. The maximum atomic E-state index is 13.0. The first kappa shape index (κ1) is 11.4. The molecule has 2 rings (SSSR count). The molecule has 0 fully saturated rings. The van der Waals surface area contributed by atoms with Crippen LogP contribution in [0.3, 0.4) is 0 Å². The van der Waals surface area contributed by atoms with Crippen molar-refractivity contribution in [1.82, 2.24) is 20.2 Å². The van der Waals surface area contributed by atoms with E-state index in [-0.39, 0.29) is 11.7 Å². The fraction of sp³-hybridized carbons (Fsp3) is 0.300. The highest BCUT2D eigenvalue weighted by Crippen LogP contribution is 2.20. The van der Waals surface area contributed by atoms with Crippen molar-refractivity contribution < 1.29 is 4.39 Å². The molecular formula is C10H10FIN4. The molecular weight excluding hydrogens is 322 g/mol. The van der Waals surface area contributed by atoms with Crippen LogP contribution in [0.15, 0.2) is 18.2 Å². The Bertz CT molecular complexity index is 509. The van der Waals surface area contributed by atoms with Crippen molar-refractivity contribution in [3.63, 3.8) is 0 Å². The van der Waals surface area contributed by atoms with Gasteiger partial charge < -0.3 is 0 Å². The van der Waals surface area contributed by atoms with Crippen molar-refractivity contribution in [2.24, 2.45) is 0 Å². The molecule has 1 heterocycles. The van der Waals surface area contributed by atoms with Crippen LogP contribution < -0.4 is 0 Å². The minimum Gasteiger partial charge on any atom is -0.207 e. The molecule has 1 aromatic heterocycles. The average molecular weight is 332 g/mol. The third-order valence-electron chi connectivity index (χ3n) is 2.15. The van der Waals surface area contributed by atoms with Gasteiger partial charge in [0.1, 0.15) is 5.82 Å². The van der Waals surface area contributed by atoms with Gasteiger partial charge in [-0.2, -0.15) is 4.68 Å². The molecule has 1 aromatic carbocycles. The van der Waals surface area contributed by atoms with Crippen LogP contribution in [-0.2, 0) is 0 Å². The zero-order valence-corrected chi connectivity index (χ0v) is 11.0. The van der Waals surface area contributed by atoms with Gasteiger partial charge in [0.15, 0.2) is 5.82 Å². The smallest absolute Gasteiger partial charge is 0.159 e. The Kier molecular flexibility index (Phi) is 3.17. The van der Waals surface area contributed by atoms with E-state index >= 15 is 0 Å². The van der Waals surface area contributed by atoms with Gasteiger partial charge in [0.05, 0.1) is 5.69 Å². The lowest BCUT2D eigenvalue weighted by molar-refractivity contribution is 0.624. The van der Waals surface area contributed by atoms with E-state index in [9.17, 15) is 4.39 Å². The molecule has 2 aromatic rings. The lowest BCUT2D eigenvalue weighted by Crippen LogP contribution is -2.06. The molecule has 0 unspecified atom stereocenters. The molecule has 0 spiro atoms. The molecule has 0 saturated heterocycles. The van der Waals surface area contributed by atoms with Crippen molar-refractivity contribution in [1.29, 1.82) is 0 Å². The van der Waals surface area contributed by atoms with Crippen molar-refractivity contribution in [3.8, 4) is 5.69 Å². The van der Waals surface area contributed by atoms with Crippen LogP contribution in [0.2, 0.25) is 0 Å². The van der Waals surface area contributed by atoms with Crippen molar-refractivity contribution in [3.05, 3.63) is 33.4 Å². The summed E-state index contributed by atoms with van der Waals surface area (Å²) in [6.07, 6.45) is 0. The molecule has 0 bridgehead atoms. The normalized spacial score (nSPS) is 11.1. The third-order valence-corrected chi connectivity index (χ3v) is 3.01. The molecule has 16 heavy (non-hydrogen) atoms. The van der Waals surface area contributed by atoms with Crippen LogP contribution in [0.4, 0.5) is 4.39 Å². The molecule has 0 aliphatic rings. The maximum absolute atomic E-state index is 13.0. The van der Waals surface area contributed by atoms with E-state index in [1.54, 1.807) is 10.7 Å². The Hall–Kier alpha value is -1.05. The van der Waals surface area contributed by atoms with Gasteiger partial charge in [-0.1, -0.05) is 13.8 Å². The fourth-order valence-electron chi connectivity index (χ4n) is 1.38. The Morgan fingerprint density at radius 3 is 2.75 bits per heavy atom. The minimum absolute atomic E-state index is 0.218. The van der Waals surface area contributed by atoms with Crippen LogP contribution in [0.1, 0.15) is 25.6 Å². The molecule has 0 amide bonds. The summed E-state index contributed by atoms with van der Waals surface area (Å²) >= 11 is 2.07. The fourth-order valence-corrected chi connectivity index (χ4v) is 2.08. The first-order valence-electron chi connectivity index (χ1n) is 4.83. The molecule has 0 N–H and O–H groups in total. The number of hydrogen-bond donors (Lipinski definition) is 0. The van der Waals surface area contributed by atoms with Crippen LogP contribution in [-0.4, -0.2) is 20.2 Å². The van der Waals surface area contributed by atoms with Gasteiger partial charge in [-0.25, -0.2) is 4.39 Å². The second-order valence-corrected chi connectivity index (χ2v) is 4.86. The van der Waals surface area contributed by atoms with Gasteiger partial charge in [0.25, 0.3) is 0 Å². The van der Waals surface area contributed by atoms with E-state index in [2.05, 4.69) is 38.1 Å². The van der Waals surface area contributed by atoms with Gasteiger partial charge in [-0.3, -0.25) is 0 Å². The van der Waals surface area contributed by atoms with E-state index in [1.165, 1.54) is 12.1 Å². The molecule has 4 nitrogen and oxygen atoms in total. The van der Waals surface area contributed by atoms with Crippen LogP contribution in [0.5, 0.6) is 0 Å². The first-order valence-corrected chi connectivity index (χ1v) is 5.91. The SMILES string of the molecule is CC(C)c1nnnn1-c1ccc(F)cc1I. The van der Waals surface area contributed by atoms with Crippen molar-refractivity contribution >= 4 is 22.6 Å². The summed E-state index contributed by atoms with van der Waals surface area (Å²) in [4.78, 5) is 0. The molecule has 6 heteroatoms. The van der Waals surface area contributed by atoms with Gasteiger partial charge in [-0.05, 0) is 51.2 Å². The summed E-state index contributed by atoms with van der Waals surface area (Å²) in [7, 11) is 0. The predicted octanol–water partition coefficient (Wildman–Crippen LogP) is 2.53. The van der Waals surface area contributed by atoms with E-state index < -0.39 is 0 Å². The Balaban J connectivity index is 2.54. The molecule has 0 atom stereocenters. The number of tetrazole rings is 1. The largest absolute Gasteiger partial charge is 0.207 e. The van der Waals surface area contributed by atoms with Crippen molar-refractivity contribution in [2.45, 2.75) is 19.8 Å². The average Bonchev–Trinajstić information content (AvgIpc) is 2.66. The summed E-state index contributed by atoms with van der Waals surface area (Å²) in [5, 5.41) is 11.5. The highest BCUT2D eigenvalue weighted by molar-refractivity contribution is 14.1. The standard InChI is InChI=1S/C10H10FIN4/c1-6(2)10-13-14-15-16(10)9-4-3-7(11)5-8(9)12/h3-6H,1-2H3. The summed E-state index contributed by atoms with van der Waals surface area (Å²) < 4.78 is 15.4. The van der Waals surface area contributed by atoms with Crippen LogP contribution >= 0.6 is 22.6 Å². The Morgan fingerprint density at radius 2 is 2.12 bits per heavy atom. The highest BCUT2D eigenvalue weighted by Gasteiger charge is 2.14. The van der Waals surface area contributed by atoms with E-state index in [0.717, 1.165) is 15.1 Å². The maximum Gasteiger partial charge on any atom is 0.159 e. The molecule has 0 radical (unpaired) electrons. The summed E-state index contributed by atoms with van der Waals surface area (Å²) in [6.45, 7) is 4.02. The van der Waals surface area contributed by atoms with E-state index in [1.807, 2.05) is 13.8 Å². The first-order chi connectivity index (χ1) is 7.59. The van der Waals surface area contributed by atoms with Crippen LogP contribution in [0, 0.1) is 9.39 Å². The number of nitrogens with zero attached hydrogens (tertiary/aromatic N) is 4. The minimum atomic E-state index is -0.257. The second-order valence-electron chi connectivity index (χ2n) is 3.70. The molecule has 0 aliphatic carbocycles. The summed E-state index contributed by atoms with van der Waals surface area (Å²) in [5.74, 6) is 0.729. The molecule has 0 aliphatic heterocycles. The van der Waals surface area contributed by atoms with Gasteiger partial charge in [0.2, 0.25) is 0 Å². The van der Waals surface area contributed by atoms with Gasteiger partial charge in [-0.15, -0.1) is 5.10 Å². The Morgan fingerprint density at radius 1 is 1.38 bits per heavy atom.